The molecule has 5 nitrogen and oxygen atoms in total. The van der Waals surface area contributed by atoms with Crippen LogP contribution in [0.3, 0.4) is 0 Å². The second-order valence-corrected chi connectivity index (χ2v) is 15.5. The number of carbonyl (C=O) groups excluding carboxylic acids is 2. The lowest BCUT2D eigenvalue weighted by atomic mass is 10.0. The van der Waals surface area contributed by atoms with Crippen molar-refractivity contribution in [3.8, 4) is 22.5 Å². The van der Waals surface area contributed by atoms with Gasteiger partial charge in [0, 0.05) is 47.4 Å². The Morgan fingerprint density at radius 2 is 0.857 bits per heavy atom. The van der Waals surface area contributed by atoms with Crippen molar-refractivity contribution in [1.29, 1.82) is 0 Å². The third-order valence-electron chi connectivity index (χ3n) is 11.5. The van der Waals surface area contributed by atoms with Crippen LogP contribution in [0, 0.1) is 0 Å². The molecule has 2 amide bonds. The number of thiophene rings is 1. The number of carbonyl (C=O) groups is 2. The predicted octanol–water partition coefficient (Wildman–Crippen LogP) is 12.7. The van der Waals surface area contributed by atoms with Gasteiger partial charge in [0.2, 0.25) is 0 Å². The molecule has 0 fully saturated rings. The summed E-state index contributed by atoms with van der Waals surface area (Å²) in [7, 11) is 0. The minimum Gasteiger partial charge on any atom is -0.309 e. The van der Waals surface area contributed by atoms with Gasteiger partial charge in [0.1, 0.15) is 0 Å². The lowest BCUT2D eigenvalue weighted by Crippen LogP contribution is -2.30. The normalized spacial score (nSPS) is 13.0. The maximum Gasteiger partial charge on any atom is 0.266 e. The lowest BCUT2D eigenvalue weighted by molar-refractivity contribution is 0.0926. The highest BCUT2D eigenvalue weighted by Crippen LogP contribution is 2.42. The van der Waals surface area contributed by atoms with Gasteiger partial charge in [0.15, 0.2) is 0 Å². The molecule has 4 heterocycles. The molecule has 1 aliphatic rings. The summed E-state index contributed by atoms with van der Waals surface area (Å²) >= 11 is 1.84. The Hall–Kier alpha value is -7.28. The van der Waals surface area contributed by atoms with Crippen LogP contribution in [0.15, 0.2) is 176 Å². The molecule has 0 saturated heterocycles. The number of fused-ring (bicyclic) bond motifs is 10. The average molecular weight is 736 g/mol. The minimum absolute atomic E-state index is 0.307. The Labute approximate surface area is 324 Å². The van der Waals surface area contributed by atoms with Gasteiger partial charge in [-0.25, -0.2) is 4.90 Å². The summed E-state index contributed by atoms with van der Waals surface area (Å²) in [5, 5.41) is 7.17. The van der Waals surface area contributed by atoms with Crippen LogP contribution in [-0.2, 0) is 0 Å². The zero-order chi connectivity index (χ0) is 37.1. The molecule has 0 spiro atoms. The summed E-state index contributed by atoms with van der Waals surface area (Å²) in [6.07, 6.45) is 0. The van der Waals surface area contributed by atoms with E-state index in [1.165, 1.54) is 41.4 Å². The highest BCUT2D eigenvalue weighted by Gasteiger charge is 2.37. The summed E-state index contributed by atoms with van der Waals surface area (Å²) in [5.74, 6) is -0.614. The first kappa shape index (κ1) is 31.1. The molecule has 262 valence electrons. The summed E-state index contributed by atoms with van der Waals surface area (Å²) in [5.41, 5.74) is 9.89. The van der Waals surface area contributed by atoms with Gasteiger partial charge in [-0.3, -0.25) is 9.59 Å². The monoisotopic (exact) mass is 735 g/mol. The lowest BCUT2D eigenvalue weighted by Gasteiger charge is -2.20. The van der Waals surface area contributed by atoms with E-state index < -0.39 is 0 Å². The van der Waals surface area contributed by atoms with Crippen molar-refractivity contribution >= 4 is 92.6 Å². The molecule has 0 unspecified atom stereocenters. The smallest absolute Gasteiger partial charge is 0.266 e. The van der Waals surface area contributed by atoms with E-state index in [0.29, 0.717) is 16.8 Å². The molecule has 12 rings (SSSR count). The van der Waals surface area contributed by atoms with Crippen LogP contribution >= 0.6 is 11.3 Å². The molecule has 0 radical (unpaired) electrons. The summed E-state index contributed by atoms with van der Waals surface area (Å²) in [6.45, 7) is 0. The number of rotatable bonds is 4. The molecule has 0 N–H and O–H groups in total. The van der Waals surface area contributed by atoms with Crippen molar-refractivity contribution in [2.45, 2.75) is 0 Å². The first-order chi connectivity index (χ1) is 27.6. The number of nitrogens with zero attached hydrogens (tertiary/aromatic N) is 3. The van der Waals surface area contributed by atoms with Crippen molar-refractivity contribution in [3.63, 3.8) is 0 Å². The van der Waals surface area contributed by atoms with Crippen LogP contribution in [0.1, 0.15) is 20.7 Å². The number of amides is 2. The van der Waals surface area contributed by atoms with Gasteiger partial charge < -0.3 is 9.13 Å². The fraction of sp³-hybridized carbons (Fsp3) is 0. The molecule has 11 aromatic rings. The van der Waals surface area contributed by atoms with Crippen molar-refractivity contribution in [1.82, 2.24) is 9.13 Å². The molecule has 6 heteroatoms. The average Bonchev–Trinajstić information content (AvgIpc) is 3.96. The number of benzene rings is 8. The van der Waals surface area contributed by atoms with Gasteiger partial charge in [0.05, 0.1) is 44.6 Å². The number of imide groups is 1. The van der Waals surface area contributed by atoms with E-state index in [-0.39, 0.29) is 11.8 Å². The summed E-state index contributed by atoms with van der Waals surface area (Å²) in [6, 6.07) is 60.7. The molecule has 0 bridgehead atoms. The topological polar surface area (TPSA) is 47.2 Å². The highest BCUT2D eigenvalue weighted by atomic mass is 32.1. The van der Waals surface area contributed by atoms with E-state index in [0.717, 1.165) is 49.8 Å². The third-order valence-corrected chi connectivity index (χ3v) is 12.6. The van der Waals surface area contributed by atoms with E-state index >= 15 is 0 Å². The van der Waals surface area contributed by atoms with Gasteiger partial charge in [0.25, 0.3) is 11.8 Å². The van der Waals surface area contributed by atoms with Crippen LogP contribution in [0.5, 0.6) is 0 Å². The third kappa shape index (κ3) is 4.30. The summed E-state index contributed by atoms with van der Waals surface area (Å²) in [4.78, 5) is 28.7. The van der Waals surface area contributed by atoms with Gasteiger partial charge in [-0.1, -0.05) is 91.0 Å². The molecule has 0 saturated carbocycles. The maximum absolute atomic E-state index is 13.7. The SMILES string of the molecule is O=C1c2ccccc2C(=O)N1c1ccccc1-n1c2ccccc2c2cc(-c3ccc4c(c3)c3ccccc3n4-c3ccc4sc5ccccc5c4c3)ccc21. The molecule has 1 aliphatic heterocycles. The number of anilines is 1. The minimum atomic E-state index is -0.307. The van der Waals surface area contributed by atoms with Crippen LogP contribution in [0.4, 0.5) is 5.69 Å². The fourth-order valence-electron chi connectivity index (χ4n) is 8.95. The second kappa shape index (κ2) is 11.6. The number of para-hydroxylation sites is 4. The van der Waals surface area contributed by atoms with E-state index in [9.17, 15) is 9.59 Å². The van der Waals surface area contributed by atoms with Crippen molar-refractivity contribution in [2.75, 3.05) is 4.90 Å². The molecule has 56 heavy (non-hydrogen) atoms. The molecule has 0 atom stereocenters. The van der Waals surface area contributed by atoms with Gasteiger partial charge in [-0.2, -0.15) is 0 Å². The Kier molecular flexibility index (Phi) is 6.45. The second-order valence-electron chi connectivity index (χ2n) is 14.4. The molecular weight excluding hydrogens is 707 g/mol. The molecule has 8 aromatic carbocycles. The Morgan fingerprint density at radius 1 is 0.357 bits per heavy atom. The Bertz CT molecular complexity index is 3460. The number of hydrogen-bond acceptors (Lipinski definition) is 3. The van der Waals surface area contributed by atoms with E-state index in [2.05, 4.69) is 130 Å². The maximum atomic E-state index is 13.7. The van der Waals surface area contributed by atoms with Crippen molar-refractivity contribution < 1.29 is 9.59 Å². The van der Waals surface area contributed by atoms with Crippen LogP contribution in [0.25, 0.3) is 86.3 Å². The molecule has 0 aliphatic carbocycles. The molecular formula is C50H29N3O2S. The van der Waals surface area contributed by atoms with Crippen molar-refractivity contribution in [3.05, 3.63) is 187 Å². The van der Waals surface area contributed by atoms with Crippen LogP contribution in [0.2, 0.25) is 0 Å². The van der Waals surface area contributed by atoms with Gasteiger partial charge in [-0.15, -0.1) is 11.3 Å². The predicted molar refractivity (Wildman–Crippen MR) is 231 cm³/mol. The Morgan fingerprint density at radius 3 is 1.54 bits per heavy atom. The van der Waals surface area contributed by atoms with E-state index in [4.69, 9.17) is 0 Å². The first-order valence-electron chi connectivity index (χ1n) is 18.7. The first-order valence-corrected chi connectivity index (χ1v) is 19.5. The zero-order valence-corrected chi connectivity index (χ0v) is 30.6. The van der Waals surface area contributed by atoms with E-state index in [1.807, 2.05) is 41.7 Å². The standard InChI is InChI=1S/C50H29N3O2S/c54-49-36-14-1-2-15-37(36)50(55)53(49)46-19-9-8-18-45(46)52-42-17-7-4-12-34(42)39-28-31(22-25-44(39)52)30-21-24-43-38(27-30)33-11-3-6-16-41(33)51(43)32-23-26-48-40(29-32)35-13-5-10-20-47(35)56-48/h1-29H. The summed E-state index contributed by atoms with van der Waals surface area (Å²) < 4.78 is 7.17. The van der Waals surface area contributed by atoms with Crippen LogP contribution < -0.4 is 4.90 Å². The van der Waals surface area contributed by atoms with Crippen molar-refractivity contribution in [2.24, 2.45) is 0 Å². The quantitative estimate of drug-likeness (QED) is 0.169. The largest absolute Gasteiger partial charge is 0.309 e. The fourth-order valence-corrected chi connectivity index (χ4v) is 10.0. The van der Waals surface area contributed by atoms with E-state index in [1.54, 1.807) is 24.3 Å². The number of aromatic nitrogens is 2. The number of hydrogen-bond donors (Lipinski definition) is 0. The van der Waals surface area contributed by atoms with Crippen LogP contribution in [-0.4, -0.2) is 20.9 Å². The zero-order valence-electron chi connectivity index (χ0n) is 29.8. The molecule has 3 aromatic heterocycles. The highest BCUT2D eigenvalue weighted by molar-refractivity contribution is 7.25. The van der Waals surface area contributed by atoms with Gasteiger partial charge >= 0.3 is 0 Å². The Balaban J connectivity index is 1.02. The van der Waals surface area contributed by atoms with Gasteiger partial charge in [-0.05, 0) is 96.1 Å².